The second kappa shape index (κ2) is 66.8. The SMILES string of the molecule is CC/C=C\C/C=C\C/C=C\C/C=C\C/C=C\CCCCCCCCCC(=O)OC(COC(=O)CCCCCCCCCCCC/C=C\C/C=C\C/C=C\CCCCCCC)COC(=O)CCCCCCCCCCCCCCC. The highest BCUT2D eigenvalue weighted by Crippen LogP contribution is 2.17. The number of unbranched alkanes of at least 4 members (excludes halogenated alkanes) is 34. The number of hydrogen-bond acceptors (Lipinski definition) is 6. The van der Waals surface area contributed by atoms with Crippen molar-refractivity contribution < 1.29 is 28.6 Å². The molecule has 0 heterocycles. The third-order valence-electron chi connectivity index (χ3n) is 14.6. The Bertz CT molecular complexity index is 1540. The van der Waals surface area contributed by atoms with E-state index in [9.17, 15) is 14.4 Å². The van der Waals surface area contributed by atoms with Gasteiger partial charge in [-0.1, -0.05) is 304 Å². The average Bonchev–Trinajstić information content (AvgIpc) is 3.45. The molecule has 0 aliphatic carbocycles. The molecule has 0 aromatic heterocycles. The fourth-order valence-corrected chi connectivity index (χ4v) is 9.54. The Hall–Kier alpha value is -3.67. The summed E-state index contributed by atoms with van der Waals surface area (Å²) < 4.78 is 17.0. The molecule has 0 N–H and O–H groups in total. The first-order chi connectivity index (χ1) is 39.0. The van der Waals surface area contributed by atoms with Crippen molar-refractivity contribution in [2.75, 3.05) is 13.2 Å². The predicted molar refractivity (Wildman–Crippen MR) is 344 cm³/mol. The highest BCUT2D eigenvalue weighted by molar-refractivity contribution is 5.71. The van der Waals surface area contributed by atoms with E-state index >= 15 is 0 Å². The first-order valence-electron chi connectivity index (χ1n) is 33.7. The van der Waals surface area contributed by atoms with Crippen LogP contribution >= 0.6 is 0 Å². The summed E-state index contributed by atoms with van der Waals surface area (Å²) in [7, 11) is 0. The number of carbonyl (C=O) groups is 3. The molecule has 0 radical (unpaired) electrons. The van der Waals surface area contributed by atoms with Gasteiger partial charge in [0.05, 0.1) is 0 Å². The molecule has 0 saturated carbocycles. The van der Waals surface area contributed by atoms with Crippen LogP contribution in [-0.4, -0.2) is 37.2 Å². The molecule has 0 saturated heterocycles. The zero-order valence-corrected chi connectivity index (χ0v) is 52.1. The number of carbonyl (C=O) groups excluding carboxylic acids is 3. The van der Waals surface area contributed by atoms with Crippen molar-refractivity contribution in [1.29, 1.82) is 0 Å². The number of hydrogen-bond donors (Lipinski definition) is 0. The van der Waals surface area contributed by atoms with E-state index < -0.39 is 6.10 Å². The molecule has 0 aromatic carbocycles. The molecular formula is C73H126O6. The number of ether oxygens (including phenoxy) is 3. The van der Waals surface area contributed by atoms with Crippen molar-refractivity contribution in [2.24, 2.45) is 0 Å². The molecule has 0 bridgehead atoms. The van der Waals surface area contributed by atoms with Gasteiger partial charge in [-0.05, 0) is 103 Å². The molecule has 0 spiro atoms. The van der Waals surface area contributed by atoms with Gasteiger partial charge in [0.25, 0.3) is 0 Å². The topological polar surface area (TPSA) is 78.9 Å². The molecule has 0 aromatic rings. The normalized spacial score (nSPS) is 12.7. The first kappa shape index (κ1) is 75.3. The largest absolute Gasteiger partial charge is 0.462 e. The average molecular weight is 1100 g/mol. The Morgan fingerprint density at radius 3 is 0.772 bits per heavy atom. The van der Waals surface area contributed by atoms with Gasteiger partial charge >= 0.3 is 17.9 Å². The van der Waals surface area contributed by atoms with E-state index in [0.717, 1.165) is 109 Å². The molecule has 454 valence electrons. The molecule has 0 aliphatic heterocycles. The summed E-state index contributed by atoms with van der Waals surface area (Å²) in [6.07, 6.45) is 89.8. The van der Waals surface area contributed by atoms with Crippen LogP contribution in [0.3, 0.4) is 0 Å². The standard InChI is InChI=1S/C73H126O6/c1-4-7-10-13-16-19-22-25-27-29-31-33-35-36-38-39-41-43-45-48-51-54-57-60-63-66-72(75)78-69-70(68-77-71(74)65-62-59-56-53-50-47-24-21-18-15-12-9-6-3)79-73(76)67-64-61-58-55-52-49-46-44-42-40-37-34-32-30-28-26-23-20-17-14-11-8-5-2/h8,11,17,20,22,25-26,28-29,31-32,34-36,40,42,70H,4-7,9-10,12-16,18-19,21,23-24,27,30,33,37-39,41,43-69H2,1-3H3/b11-8-,20-17-,25-22-,28-26-,31-29-,34-32-,36-35-,42-40-. The van der Waals surface area contributed by atoms with E-state index in [1.54, 1.807) is 0 Å². The zero-order chi connectivity index (χ0) is 57.1. The van der Waals surface area contributed by atoms with E-state index in [4.69, 9.17) is 14.2 Å². The maximum Gasteiger partial charge on any atom is 0.306 e. The van der Waals surface area contributed by atoms with Gasteiger partial charge in [-0.25, -0.2) is 0 Å². The molecule has 0 rings (SSSR count). The molecular weight excluding hydrogens is 973 g/mol. The lowest BCUT2D eigenvalue weighted by Gasteiger charge is -2.18. The molecule has 0 aliphatic rings. The van der Waals surface area contributed by atoms with E-state index in [1.807, 2.05) is 0 Å². The summed E-state index contributed by atoms with van der Waals surface area (Å²) in [5.74, 6) is -0.883. The van der Waals surface area contributed by atoms with Gasteiger partial charge in [0.2, 0.25) is 0 Å². The predicted octanol–water partition coefficient (Wildman–Crippen LogP) is 23.2. The third-order valence-corrected chi connectivity index (χ3v) is 14.6. The van der Waals surface area contributed by atoms with Crippen molar-refractivity contribution in [2.45, 2.75) is 335 Å². The summed E-state index contributed by atoms with van der Waals surface area (Å²) in [6, 6.07) is 0. The van der Waals surface area contributed by atoms with Crippen LogP contribution in [0.1, 0.15) is 329 Å². The van der Waals surface area contributed by atoms with Crippen LogP contribution in [0.4, 0.5) is 0 Å². The quantitative estimate of drug-likeness (QED) is 0.0261. The van der Waals surface area contributed by atoms with Gasteiger partial charge in [-0.3, -0.25) is 14.4 Å². The van der Waals surface area contributed by atoms with Crippen molar-refractivity contribution in [3.05, 3.63) is 97.2 Å². The van der Waals surface area contributed by atoms with Crippen molar-refractivity contribution in [1.82, 2.24) is 0 Å². The van der Waals surface area contributed by atoms with Crippen LogP contribution in [0.5, 0.6) is 0 Å². The second-order valence-corrected chi connectivity index (χ2v) is 22.4. The molecule has 0 amide bonds. The molecule has 1 unspecified atom stereocenters. The van der Waals surface area contributed by atoms with Gasteiger partial charge in [-0.2, -0.15) is 0 Å². The summed E-state index contributed by atoms with van der Waals surface area (Å²) in [6.45, 7) is 6.54. The summed E-state index contributed by atoms with van der Waals surface area (Å²) in [5, 5.41) is 0. The number of esters is 3. The monoisotopic (exact) mass is 1100 g/mol. The van der Waals surface area contributed by atoms with Gasteiger partial charge in [0, 0.05) is 19.3 Å². The van der Waals surface area contributed by atoms with E-state index in [0.29, 0.717) is 19.3 Å². The lowest BCUT2D eigenvalue weighted by molar-refractivity contribution is -0.167. The first-order valence-corrected chi connectivity index (χ1v) is 33.7. The van der Waals surface area contributed by atoms with Gasteiger partial charge in [0.15, 0.2) is 6.10 Å². The molecule has 1 atom stereocenters. The van der Waals surface area contributed by atoms with Crippen LogP contribution in [0.25, 0.3) is 0 Å². The summed E-state index contributed by atoms with van der Waals surface area (Å²) >= 11 is 0. The Morgan fingerprint density at radius 1 is 0.266 bits per heavy atom. The second-order valence-electron chi connectivity index (χ2n) is 22.4. The Balaban J connectivity index is 4.34. The number of rotatable bonds is 61. The minimum Gasteiger partial charge on any atom is -0.462 e. The highest BCUT2D eigenvalue weighted by Gasteiger charge is 2.19. The Kier molecular flexibility index (Phi) is 63.7. The lowest BCUT2D eigenvalue weighted by atomic mass is 10.0. The van der Waals surface area contributed by atoms with Crippen LogP contribution in [-0.2, 0) is 28.6 Å². The summed E-state index contributed by atoms with van der Waals surface area (Å²) in [5.41, 5.74) is 0. The molecule has 79 heavy (non-hydrogen) atoms. The van der Waals surface area contributed by atoms with E-state index in [2.05, 4.69) is 118 Å². The van der Waals surface area contributed by atoms with E-state index in [1.165, 1.54) is 180 Å². The van der Waals surface area contributed by atoms with Crippen molar-refractivity contribution in [3.63, 3.8) is 0 Å². The van der Waals surface area contributed by atoms with Crippen molar-refractivity contribution in [3.8, 4) is 0 Å². The summed E-state index contributed by atoms with van der Waals surface area (Å²) in [4.78, 5) is 38.4. The molecule has 0 fully saturated rings. The Morgan fingerprint density at radius 2 is 0.494 bits per heavy atom. The maximum atomic E-state index is 12.9. The molecule has 6 heteroatoms. The van der Waals surface area contributed by atoms with Gasteiger partial charge in [0.1, 0.15) is 13.2 Å². The third kappa shape index (κ3) is 65.0. The fraction of sp³-hybridized carbons (Fsp3) is 0.740. The van der Waals surface area contributed by atoms with Crippen LogP contribution in [0, 0.1) is 0 Å². The van der Waals surface area contributed by atoms with Crippen LogP contribution in [0.2, 0.25) is 0 Å². The fourth-order valence-electron chi connectivity index (χ4n) is 9.54. The number of allylic oxidation sites excluding steroid dienone is 16. The van der Waals surface area contributed by atoms with Crippen LogP contribution in [0.15, 0.2) is 97.2 Å². The van der Waals surface area contributed by atoms with E-state index in [-0.39, 0.29) is 31.1 Å². The van der Waals surface area contributed by atoms with Crippen molar-refractivity contribution >= 4 is 17.9 Å². The highest BCUT2D eigenvalue weighted by atomic mass is 16.6. The maximum absolute atomic E-state index is 12.9. The minimum absolute atomic E-state index is 0.0807. The van der Waals surface area contributed by atoms with Gasteiger partial charge < -0.3 is 14.2 Å². The van der Waals surface area contributed by atoms with Gasteiger partial charge in [-0.15, -0.1) is 0 Å². The van der Waals surface area contributed by atoms with Crippen LogP contribution < -0.4 is 0 Å². The Labute approximate surface area is 489 Å². The minimum atomic E-state index is -0.786. The zero-order valence-electron chi connectivity index (χ0n) is 52.1. The lowest BCUT2D eigenvalue weighted by Crippen LogP contribution is -2.30. The smallest absolute Gasteiger partial charge is 0.306 e. The molecule has 6 nitrogen and oxygen atoms in total.